The number of methoxy groups -OCH3 is 1. The van der Waals surface area contributed by atoms with Crippen molar-refractivity contribution in [3.63, 3.8) is 0 Å². The Labute approximate surface area is 116 Å². The molecule has 20 heavy (non-hydrogen) atoms. The summed E-state index contributed by atoms with van der Waals surface area (Å²) in [6.45, 7) is 2.34. The lowest BCUT2D eigenvalue weighted by Crippen LogP contribution is -2.58. The van der Waals surface area contributed by atoms with Crippen molar-refractivity contribution in [1.82, 2.24) is 9.88 Å². The summed E-state index contributed by atoms with van der Waals surface area (Å²) in [6.07, 6.45) is 1.54. The highest BCUT2D eigenvalue weighted by atomic mass is 16.5. The summed E-state index contributed by atoms with van der Waals surface area (Å²) >= 11 is 0. The van der Waals surface area contributed by atoms with Gasteiger partial charge in [-0.25, -0.2) is 4.98 Å². The monoisotopic (exact) mass is 279 g/mol. The van der Waals surface area contributed by atoms with Crippen LogP contribution in [0.4, 0.5) is 0 Å². The molecule has 1 aliphatic heterocycles. The first-order valence-corrected chi connectivity index (χ1v) is 6.20. The van der Waals surface area contributed by atoms with Crippen molar-refractivity contribution < 1.29 is 19.1 Å². The van der Waals surface area contributed by atoms with Gasteiger partial charge in [0.15, 0.2) is 5.60 Å². The van der Waals surface area contributed by atoms with Gasteiger partial charge in [-0.05, 0) is 19.1 Å². The Morgan fingerprint density at radius 2 is 2.30 bits per heavy atom. The number of amides is 2. The van der Waals surface area contributed by atoms with E-state index in [4.69, 9.17) is 15.2 Å². The molecule has 0 unspecified atom stereocenters. The maximum absolute atomic E-state index is 12.5. The molecule has 0 spiro atoms. The number of aromatic nitrogens is 1. The van der Waals surface area contributed by atoms with Gasteiger partial charge in [-0.2, -0.15) is 0 Å². The van der Waals surface area contributed by atoms with Gasteiger partial charge in [-0.1, -0.05) is 0 Å². The van der Waals surface area contributed by atoms with Crippen LogP contribution >= 0.6 is 0 Å². The van der Waals surface area contributed by atoms with E-state index in [2.05, 4.69) is 4.98 Å². The number of nitrogens with two attached hydrogens (primary N) is 1. The molecule has 0 saturated carbocycles. The number of hydrogen-bond donors (Lipinski definition) is 1. The van der Waals surface area contributed by atoms with Crippen molar-refractivity contribution in [2.24, 2.45) is 5.73 Å². The Morgan fingerprint density at radius 3 is 2.95 bits per heavy atom. The lowest BCUT2D eigenvalue weighted by atomic mass is 10.0. The fourth-order valence-corrected chi connectivity index (χ4v) is 2.08. The van der Waals surface area contributed by atoms with Crippen LogP contribution < -0.4 is 10.5 Å². The van der Waals surface area contributed by atoms with Crippen LogP contribution in [0.1, 0.15) is 17.3 Å². The summed E-state index contributed by atoms with van der Waals surface area (Å²) in [5.74, 6) is -0.594. The topological polar surface area (TPSA) is 94.8 Å². The first kappa shape index (κ1) is 14.3. The number of ether oxygens (including phenoxy) is 2. The van der Waals surface area contributed by atoms with E-state index in [0.29, 0.717) is 12.1 Å². The van der Waals surface area contributed by atoms with Gasteiger partial charge in [-0.15, -0.1) is 0 Å². The standard InChI is InChI=1S/C13H17N3O4/c1-13(12(14)18)8-16(6-7-20-13)11(17)9-4-3-5-15-10(9)19-2/h3-5H,6-8H2,1-2H3,(H2,14,18)/t13-/m1/s1. The molecule has 2 heterocycles. The average molecular weight is 279 g/mol. The van der Waals surface area contributed by atoms with Gasteiger partial charge in [0.1, 0.15) is 5.56 Å². The van der Waals surface area contributed by atoms with E-state index in [1.807, 2.05) is 0 Å². The molecule has 2 amide bonds. The van der Waals surface area contributed by atoms with Crippen molar-refractivity contribution in [2.75, 3.05) is 26.8 Å². The maximum Gasteiger partial charge on any atom is 0.259 e. The second-order valence-corrected chi connectivity index (χ2v) is 4.73. The zero-order valence-corrected chi connectivity index (χ0v) is 11.5. The Bertz CT molecular complexity index is 534. The number of rotatable bonds is 3. The lowest BCUT2D eigenvalue weighted by Gasteiger charge is -2.38. The molecule has 0 aliphatic carbocycles. The quantitative estimate of drug-likeness (QED) is 0.827. The predicted octanol–water partition coefficient (Wildman–Crippen LogP) is -0.193. The van der Waals surface area contributed by atoms with Crippen LogP contribution in [0.25, 0.3) is 0 Å². The number of pyridine rings is 1. The summed E-state index contributed by atoms with van der Waals surface area (Å²) in [6, 6.07) is 3.29. The first-order valence-electron chi connectivity index (χ1n) is 6.20. The van der Waals surface area contributed by atoms with Crippen LogP contribution in [0.3, 0.4) is 0 Å². The molecule has 1 saturated heterocycles. The third-order valence-corrected chi connectivity index (χ3v) is 3.28. The smallest absolute Gasteiger partial charge is 0.259 e. The molecule has 2 N–H and O–H groups in total. The average Bonchev–Trinajstić information content (AvgIpc) is 2.46. The molecular formula is C13H17N3O4. The number of carbonyl (C=O) groups is 2. The number of nitrogens with zero attached hydrogens (tertiary/aromatic N) is 2. The van der Waals surface area contributed by atoms with Crippen molar-refractivity contribution in [1.29, 1.82) is 0 Å². The minimum absolute atomic E-state index is 0.110. The summed E-state index contributed by atoms with van der Waals surface area (Å²) in [7, 11) is 1.45. The summed E-state index contributed by atoms with van der Waals surface area (Å²) in [5, 5.41) is 0. The highest BCUT2D eigenvalue weighted by Gasteiger charge is 2.39. The fraction of sp³-hybridized carbons (Fsp3) is 0.462. The molecule has 1 aliphatic rings. The van der Waals surface area contributed by atoms with E-state index in [9.17, 15) is 9.59 Å². The minimum Gasteiger partial charge on any atom is -0.480 e. The third kappa shape index (κ3) is 2.57. The van der Waals surface area contributed by atoms with E-state index in [1.165, 1.54) is 12.0 Å². The van der Waals surface area contributed by atoms with E-state index >= 15 is 0 Å². The van der Waals surface area contributed by atoms with Crippen LogP contribution in [0.5, 0.6) is 5.88 Å². The molecule has 0 radical (unpaired) electrons. The van der Waals surface area contributed by atoms with Crippen molar-refractivity contribution >= 4 is 11.8 Å². The molecule has 1 atom stereocenters. The molecule has 1 aromatic rings. The van der Waals surface area contributed by atoms with Gasteiger partial charge in [-0.3, -0.25) is 9.59 Å². The first-order chi connectivity index (χ1) is 9.48. The SMILES string of the molecule is COc1ncccc1C(=O)N1CCO[C@@](C)(C(N)=O)C1. The fourth-order valence-electron chi connectivity index (χ4n) is 2.08. The Balaban J connectivity index is 2.23. The largest absolute Gasteiger partial charge is 0.480 e. The highest BCUT2D eigenvalue weighted by molar-refractivity contribution is 5.97. The minimum atomic E-state index is -1.16. The second-order valence-electron chi connectivity index (χ2n) is 4.73. The Morgan fingerprint density at radius 1 is 1.55 bits per heavy atom. The van der Waals surface area contributed by atoms with Gasteiger partial charge in [0.05, 0.1) is 20.3 Å². The number of hydrogen-bond acceptors (Lipinski definition) is 5. The van der Waals surface area contributed by atoms with E-state index in [0.717, 1.165) is 0 Å². The Kier molecular flexibility index (Phi) is 3.89. The summed E-state index contributed by atoms with van der Waals surface area (Å²) in [5.41, 5.74) is 4.51. The molecule has 108 valence electrons. The van der Waals surface area contributed by atoms with E-state index < -0.39 is 11.5 Å². The molecule has 1 fully saturated rings. The van der Waals surface area contributed by atoms with Crippen molar-refractivity contribution in [3.8, 4) is 5.88 Å². The molecule has 0 aromatic carbocycles. The van der Waals surface area contributed by atoms with E-state index in [1.54, 1.807) is 25.3 Å². The van der Waals surface area contributed by atoms with Crippen molar-refractivity contribution in [3.05, 3.63) is 23.9 Å². The summed E-state index contributed by atoms with van der Waals surface area (Å²) < 4.78 is 10.5. The molecule has 2 rings (SSSR count). The molecule has 7 nitrogen and oxygen atoms in total. The Hall–Kier alpha value is -2.15. The normalized spacial score (nSPS) is 22.4. The second kappa shape index (κ2) is 5.46. The maximum atomic E-state index is 12.5. The van der Waals surface area contributed by atoms with Gasteiger partial charge in [0.25, 0.3) is 11.8 Å². The van der Waals surface area contributed by atoms with Crippen LogP contribution in [0.2, 0.25) is 0 Å². The van der Waals surface area contributed by atoms with Crippen LogP contribution in [-0.4, -0.2) is 54.1 Å². The molecule has 0 bridgehead atoms. The lowest BCUT2D eigenvalue weighted by molar-refractivity contribution is -0.150. The highest BCUT2D eigenvalue weighted by Crippen LogP contribution is 2.22. The van der Waals surface area contributed by atoms with Crippen LogP contribution in [0.15, 0.2) is 18.3 Å². The number of carbonyl (C=O) groups excluding carboxylic acids is 2. The van der Waals surface area contributed by atoms with Gasteiger partial charge < -0.3 is 20.1 Å². The predicted molar refractivity (Wildman–Crippen MR) is 70.2 cm³/mol. The third-order valence-electron chi connectivity index (χ3n) is 3.28. The van der Waals surface area contributed by atoms with Gasteiger partial charge in [0.2, 0.25) is 5.88 Å². The number of morpholine rings is 1. The molecule has 7 heteroatoms. The summed E-state index contributed by atoms with van der Waals surface area (Å²) in [4.78, 5) is 29.4. The molecular weight excluding hydrogens is 262 g/mol. The molecule has 1 aromatic heterocycles. The number of primary amides is 1. The van der Waals surface area contributed by atoms with Gasteiger partial charge >= 0.3 is 0 Å². The zero-order valence-electron chi connectivity index (χ0n) is 11.5. The van der Waals surface area contributed by atoms with Crippen LogP contribution in [0, 0.1) is 0 Å². The zero-order chi connectivity index (χ0) is 14.8. The van der Waals surface area contributed by atoms with E-state index in [-0.39, 0.29) is 24.9 Å². The van der Waals surface area contributed by atoms with Crippen LogP contribution in [-0.2, 0) is 9.53 Å². The van der Waals surface area contributed by atoms with Gasteiger partial charge in [0, 0.05) is 12.7 Å². The van der Waals surface area contributed by atoms with Crippen molar-refractivity contribution in [2.45, 2.75) is 12.5 Å².